The lowest BCUT2D eigenvalue weighted by atomic mass is 10.3. The smallest absolute Gasteiger partial charge is 0.227 e. The molecule has 0 aliphatic carbocycles. The Balaban J connectivity index is 1.55. The Hall–Kier alpha value is -2.15. The molecular formula is C16H20N4O2S. The minimum absolute atomic E-state index is 0.00722. The second kappa shape index (κ2) is 6.95. The van der Waals surface area contributed by atoms with E-state index in [0.717, 1.165) is 23.7 Å². The van der Waals surface area contributed by atoms with E-state index in [1.807, 2.05) is 47.5 Å². The van der Waals surface area contributed by atoms with Crippen LogP contribution in [0.1, 0.15) is 11.3 Å². The highest BCUT2D eigenvalue weighted by Gasteiger charge is 2.28. The number of carbonyl (C=O) groups is 1. The van der Waals surface area contributed by atoms with E-state index in [-0.39, 0.29) is 12.0 Å². The number of thiophene rings is 1. The fourth-order valence-electron chi connectivity index (χ4n) is 2.53. The van der Waals surface area contributed by atoms with Crippen LogP contribution in [0, 0.1) is 0 Å². The number of nitrogens with zero attached hydrogens (tertiary/aromatic N) is 4. The Morgan fingerprint density at radius 3 is 3.09 bits per heavy atom. The average Bonchev–Trinajstić information content (AvgIpc) is 3.19. The molecule has 1 aliphatic heterocycles. The highest BCUT2D eigenvalue weighted by molar-refractivity contribution is 7.10. The molecule has 0 N–H and O–H groups in total. The molecule has 7 heteroatoms. The Morgan fingerprint density at radius 1 is 1.48 bits per heavy atom. The van der Waals surface area contributed by atoms with Crippen LogP contribution < -0.4 is 9.64 Å². The zero-order valence-electron chi connectivity index (χ0n) is 13.3. The van der Waals surface area contributed by atoms with Crippen LogP contribution in [0.2, 0.25) is 0 Å². The summed E-state index contributed by atoms with van der Waals surface area (Å²) in [6.45, 7) is 1.35. The molecule has 1 amide bonds. The molecule has 0 radical (unpaired) electrons. The Bertz CT molecular complexity index is 660. The Morgan fingerprint density at radius 2 is 2.35 bits per heavy atom. The molecule has 0 spiro atoms. The van der Waals surface area contributed by atoms with E-state index in [2.05, 4.69) is 9.97 Å². The van der Waals surface area contributed by atoms with Gasteiger partial charge in [0.05, 0.1) is 13.0 Å². The van der Waals surface area contributed by atoms with Crippen LogP contribution in [0.5, 0.6) is 5.88 Å². The Kier molecular flexibility index (Phi) is 4.76. The fraction of sp³-hybridized carbons (Fsp3) is 0.438. The van der Waals surface area contributed by atoms with E-state index in [9.17, 15) is 4.79 Å². The van der Waals surface area contributed by atoms with Crippen LogP contribution in [-0.2, 0) is 11.2 Å². The van der Waals surface area contributed by atoms with Gasteiger partial charge in [-0.15, -0.1) is 11.3 Å². The van der Waals surface area contributed by atoms with Crippen LogP contribution in [0.15, 0.2) is 29.9 Å². The van der Waals surface area contributed by atoms with Gasteiger partial charge in [-0.1, -0.05) is 6.07 Å². The lowest BCUT2D eigenvalue weighted by Crippen LogP contribution is -2.32. The summed E-state index contributed by atoms with van der Waals surface area (Å²) < 4.78 is 5.91. The van der Waals surface area contributed by atoms with Gasteiger partial charge in [0.1, 0.15) is 18.2 Å². The summed E-state index contributed by atoms with van der Waals surface area (Å²) in [5, 5.41) is 2.00. The van der Waals surface area contributed by atoms with E-state index in [0.29, 0.717) is 18.8 Å². The molecule has 0 aromatic carbocycles. The predicted octanol–water partition coefficient (Wildman–Crippen LogP) is 1.83. The fourth-order valence-corrected chi connectivity index (χ4v) is 3.23. The summed E-state index contributed by atoms with van der Waals surface area (Å²) in [7, 11) is 3.85. The van der Waals surface area contributed by atoms with Crippen molar-refractivity contribution in [1.29, 1.82) is 0 Å². The maximum absolute atomic E-state index is 12.3. The third kappa shape index (κ3) is 3.98. The maximum atomic E-state index is 12.3. The minimum atomic E-state index is -0.00722. The van der Waals surface area contributed by atoms with Crippen LogP contribution in [0.3, 0.4) is 0 Å². The van der Waals surface area contributed by atoms with Gasteiger partial charge < -0.3 is 14.5 Å². The summed E-state index contributed by atoms with van der Waals surface area (Å²) in [4.78, 5) is 25.5. The Labute approximate surface area is 139 Å². The minimum Gasteiger partial charge on any atom is -0.472 e. The number of hydrogen-bond donors (Lipinski definition) is 0. The molecule has 2 aromatic heterocycles. The first-order valence-electron chi connectivity index (χ1n) is 7.58. The maximum Gasteiger partial charge on any atom is 0.227 e. The van der Waals surface area contributed by atoms with Gasteiger partial charge in [-0.05, 0) is 11.4 Å². The summed E-state index contributed by atoms with van der Waals surface area (Å²) in [5.74, 6) is 1.52. The molecular weight excluding hydrogens is 312 g/mol. The van der Waals surface area contributed by atoms with Gasteiger partial charge in [0, 0.05) is 38.0 Å². The molecule has 6 nitrogen and oxygen atoms in total. The summed E-state index contributed by atoms with van der Waals surface area (Å²) in [6.07, 6.45) is 2.80. The summed E-state index contributed by atoms with van der Waals surface area (Å²) in [6, 6.07) is 5.78. The first kappa shape index (κ1) is 15.7. The van der Waals surface area contributed by atoms with Crippen molar-refractivity contribution in [1.82, 2.24) is 14.9 Å². The molecule has 0 saturated carbocycles. The molecule has 1 atom stereocenters. The average molecular weight is 332 g/mol. The van der Waals surface area contributed by atoms with Crippen molar-refractivity contribution >= 4 is 23.1 Å². The van der Waals surface area contributed by atoms with Crippen molar-refractivity contribution < 1.29 is 9.53 Å². The van der Waals surface area contributed by atoms with Crippen molar-refractivity contribution in [3.05, 3.63) is 34.8 Å². The first-order valence-corrected chi connectivity index (χ1v) is 8.46. The molecule has 3 heterocycles. The van der Waals surface area contributed by atoms with Gasteiger partial charge in [-0.2, -0.15) is 0 Å². The van der Waals surface area contributed by atoms with Crippen molar-refractivity contribution in [2.75, 3.05) is 32.1 Å². The standard InChI is InChI=1S/C16H20N4O2S/c1-19(2)14-9-15(18-11-17-14)22-12-5-6-20(10-12)16(21)8-13-4-3-7-23-13/h3-4,7,9,11-12H,5-6,8,10H2,1-2H3/t12-/m0/s1. The number of aromatic nitrogens is 2. The zero-order valence-corrected chi connectivity index (χ0v) is 14.1. The quantitative estimate of drug-likeness (QED) is 0.836. The van der Waals surface area contributed by atoms with Gasteiger partial charge in [0.25, 0.3) is 0 Å². The highest BCUT2D eigenvalue weighted by Crippen LogP contribution is 2.20. The van der Waals surface area contributed by atoms with E-state index in [1.54, 1.807) is 11.3 Å². The summed E-state index contributed by atoms with van der Waals surface area (Å²) in [5.41, 5.74) is 0. The van der Waals surface area contributed by atoms with Gasteiger partial charge in [0.2, 0.25) is 11.8 Å². The molecule has 0 bridgehead atoms. The van der Waals surface area contributed by atoms with Gasteiger partial charge in [-0.25, -0.2) is 9.97 Å². The lowest BCUT2D eigenvalue weighted by Gasteiger charge is -2.17. The number of anilines is 1. The lowest BCUT2D eigenvalue weighted by molar-refractivity contribution is -0.129. The van der Waals surface area contributed by atoms with Crippen LogP contribution in [-0.4, -0.2) is 54.1 Å². The molecule has 23 heavy (non-hydrogen) atoms. The van der Waals surface area contributed by atoms with E-state index in [4.69, 9.17) is 4.74 Å². The molecule has 0 unspecified atom stereocenters. The van der Waals surface area contributed by atoms with Crippen LogP contribution >= 0.6 is 11.3 Å². The molecule has 2 aromatic rings. The predicted molar refractivity (Wildman–Crippen MR) is 90.0 cm³/mol. The van der Waals surface area contributed by atoms with E-state index >= 15 is 0 Å². The number of rotatable bonds is 5. The van der Waals surface area contributed by atoms with Gasteiger partial charge >= 0.3 is 0 Å². The number of amides is 1. The topological polar surface area (TPSA) is 58.6 Å². The van der Waals surface area contributed by atoms with Crippen molar-refractivity contribution in [2.45, 2.75) is 18.9 Å². The molecule has 1 fully saturated rings. The third-order valence-corrected chi connectivity index (χ3v) is 4.65. The molecule has 1 aliphatic rings. The highest BCUT2D eigenvalue weighted by atomic mass is 32.1. The van der Waals surface area contributed by atoms with Crippen molar-refractivity contribution in [3.8, 4) is 5.88 Å². The van der Waals surface area contributed by atoms with Crippen molar-refractivity contribution in [3.63, 3.8) is 0 Å². The molecule has 122 valence electrons. The third-order valence-electron chi connectivity index (χ3n) is 3.78. The molecule has 3 rings (SSSR count). The largest absolute Gasteiger partial charge is 0.472 e. The van der Waals surface area contributed by atoms with Gasteiger partial charge in [0.15, 0.2) is 0 Å². The van der Waals surface area contributed by atoms with Gasteiger partial charge in [-0.3, -0.25) is 4.79 Å². The number of ether oxygens (including phenoxy) is 1. The number of hydrogen-bond acceptors (Lipinski definition) is 6. The second-order valence-electron chi connectivity index (χ2n) is 5.73. The SMILES string of the molecule is CN(C)c1cc(O[C@H]2CCN(C(=O)Cc3cccs3)C2)ncn1. The van der Waals surface area contributed by atoms with Crippen LogP contribution in [0.4, 0.5) is 5.82 Å². The number of likely N-dealkylation sites (tertiary alicyclic amines) is 1. The van der Waals surface area contributed by atoms with Crippen LogP contribution in [0.25, 0.3) is 0 Å². The van der Waals surface area contributed by atoms with E-state index in [1.165, 1.54) is 6.33 Å². The monoisotopic (exact) mass is 332 g/mol. The second-order valence-corrected chi connectivity index (χ2v) is 6.77. The summed E-state index contributed by atoms with van der Waals surface area (Å²) >= 11 is 1.62. The van der Waals surface area contributed by atoms with Crippen molar-refractivity contribution in [2.24, 2.45) is 0 Å². The normalized spacial score (nSPS) is 17.3. The first-order chi connectivity index (χ1) is 11.1. The number of carbonyl (C=O) groups excluding carboxylic acids is 1. The molecule has 1 saturated heterocycles. The van der Waals surface area contributed by atoms with E-state index < -0.39 is 0 Å². The zero-order chi connectivity index (χ0) is 16.2.